The van der Waals surface area contributed by atoms with Gasteiger partial charge in [-0.25, -0.2) is 4.98 Å². The van der Waals surface area contributed by atoms with Gasteiger partial charge in [0.25, 0.3) is 5.56 Å². The summed E-state index contributed by atoms with van der Waals surface area (Å²) in [5.41, 5.74) is 1.93. The molecule has 21 heavy (non-hydrogen) atoms. The Balaban J connectivity index is 2.01. The Bertz CT molecular complexity index is 891. The molecule has 0 amide bonds. The van der Waals surface area contributed by atoms with E-state index in [1.165, 1.54) is 0 Å². The zero-order valence-electron chi connectivity index (χ0n) is 11.6. The van der Waals surface area contributed by atoms with Crippen molar-refractivity contribution in [1.29, 1.82) is 0 Å². The van der Waals surface area contributed by atoms with Crippen LogP contribution in [0, 0.1) is 13.8 Å². The predicted octanol–water partition coefficient (Wildman–Crippen LogP) is 4.43. The summed E-state index contributed by atoms with van der Waals surface area (Å²) < 4.78 is 0. The highest BCUT2D eigenvalue weighted by molar-refractivity contribution is 7.18. The molecule has 5 heteroatoms. The fraction of sp³-hybridized carbons (Fsp3) is 0.125. The highest BCUT2D eigenvalue weighted by atomic mass is 35.5. The van der Waals surface area contributed by atoms with Crippen molar-refractivity contribution >= 4 is 45.3 Å². The van der Waals surface area contributed by atoms with Crippen molar-refractivity contribution in [2.45, 2.75) is 13.8 Å². The molecule has 0 saturated carbocycles. The Morgan fingerprint density at radius 1 is 1.19 bits per heavy atom. The second-order valence-electron chi connectivity index (χ2n) is 4.80. The maximum Gasteiger partial charge on any atom is 0.260 e. The number of halogens is 1. The number of benzene rings is 1. The topological polar surface area (TPSA) is 45.8 Å². The Morgan fingerprint density at radius 3 is 2.62 bits per heavy atom. The largest absolute Gasteiger partial charge is 0.306 e. The minimum absolute atomic E-state index is 0.0855. The number of aromatic amines is 1. The second-order valence-corrected chi connectivity index (χ2v) is 6.44. The van der Waals surface area contributed by atoms with Gasteiger partial charge in [0.15, 0.2) is 0 Å². The average molecular weight is 317 g/mol. The van der Waals surface area contributed by atoms with Gasteiger partial charge in [0.2, 0.25) is 0 Å². The van der Waals surface area contributed by atoms with Gasteiger partial charge in [-0.2, -0.15) is 0 Å². The van der Waals surface area contributed by atoms with Crippen molar-refractivity contribution in [3.05, 3.63) is 61.5 Å². The van der Waals surface area contributed by atoms with Gasteiger partial charge in [0.1, 0.15) is 10.7 Å². The minimum atomic E-state index is -0.0855. The number of hydrogen-bond acceptors (Lipinski definition) is 3. The number of thiophene rings is 1. The number of hydrogen-bond donors (Lipinski definition) is 1. The molecule has 1 aromatic carbocycles. The summed E-state index contributed by atoms with van der Waals surface area (Å²) in [5, 5.41) is 1.39. The smallest absolute Gasteiger partial charge is 0.260 e. The van der Waals surface area contributed by atoms with E-state index in [0.717, 1.165) is 20.8 Å². The van der Waals surface area contributed by atoms with Crippen LogP contribution in [-0.2, 0) is 0 Å². The first-order valence-electron chi connectivity index (χ1n) is 6.48. The molecule has 2 aromatic heterocycles. The zero-order valence-corrected chi connectivity index (χ0v) is 13.2. The fourth-order valence-corrected chi connectivity index (χ4v) is 3.26. The molecule has 0 radical (unpaired) electrons. The number of fused-ring (bicyclic) bond motifs is 1. The van der Waals surface area contributed by atoms with E-state index in [1.807, 2.05) is 44.2 Å². The first kappa shape index (κ1) is 14.0. The SMILES string of the molecule is Cc1sc2nc(C=Cc3ccc(Cl)cc3)[nH]c(=O)c2c1C. The number of rotatable bonds is 2. The lowest BCUT2D eigenvalue weighted by Crippen LogP contribution is -2.09. The summed E-state index contributed by atoms with van der Waals surface area (Å²) in [6, 6.07) is 7.48. The predicted molar refractivity (Wildman–Crippen MR) is 90.1 cm³/mol. The van der Waals surface area contributed by atoms with E-state index in [0.29, 0.717) is 16.2 Å². The maximum atomic E-state index is 12.1. The monoisotopic (exact) mass is 316 g/mol. The lowest BCUT2D eigenvalue weighted by atomic mass is 10.2. The molecule has 2 heterocycles. The van der Waals surface area contributed by atoms with Crippen LogP contribution in [0.4, 0.5) is 0 Å². The Labute approximate surface area is 130 Å². The van der Waals surface area contributed by atoms with Crippen LogP contribution in [0.1, 0.15) is 21.8 Å². The molecule has 0 spiro atoms. The highest BCUT2D eigenvalue weighted by Crippen LogP contribution is 2.25. The minimum Gasteiger partial charge on any atom is -0.306 e. The van der Waals surface area contributed by atoms with Crippen LogP contribution in [0.15, 0.2) is 29.1 Å². The molecule has 3 aromatic rings. The van der Waals surface area contributed by atoms with Gasteiger partial charge in [0, 0.05) is 9.90 Å². The van der Waals surface area contributed by atoms with Gasteiger partial charge in [-0.3, -0.25) is 4.79 Å². The van der Waals surface area contributed by atoms with Crippen LogP contribution in [0.2, 0.25) is 5.02 Å². The third kappa shape index (κ3) is 2.77. The van der Waals surface area contributed by atoms with E-state index in [9.17, 15) is 4.79 Å². The normalized spacial score (nSPS) is 11.6. The first-order chi connectivity index (χ1) is 10.0. The molecule has 0 aliphatic rings. The lowest BCUT2D eigenvalue weighted by Gasteiger charge is -1.96. The second kappa shape index (κ2) is 5.47. The molecule has 3 rings (SSSR count). The average Bonchev–Trinajstić information content (AvgIpc) is 2.74. The van der Waals surface area contributed by atoms with Crippen molar-refractivity contribution in [3.63, 3.8) is 0 Å². The molecular weight excluding hydrogens is 304 g/mol. The quantitative estimate of drug-likeness (QED) is 0.760. The number of aryl methyl sites for hydroxylation is 2. The van der Waals surface area contributed by atoms with Crippen molar-refractivity contribution in [2.24, 2.45) is 0 Å². The van der Waals surface area contributed by atoms with Gasteiger partial charge in [-0.15, -0.1) is 11.3 Å². The summed E-state index contributed by atoms with van der Waals surface area (Å²) in [7, 11) is 0. The number of nitrogens with zero attached hydrogens (tertiary/aromatic N) is 1. The van der Waals surface area contributed by atoms with E-state index >= 15 is 0 Å². The zero-order chi connectivity index (χ0) is 15.0. The molecule has 0 saturated heterocycles. The molecule has 106 valence electrons. The van der Waals surface area contributed by atoms with Crippen LogP contribution in [0.25, 0.3) is 22.4 Å². The van der Waals surface area contributed by atoms with Crippen LogP contribution in [-0.4, -0.2) is 9.97 Å². The summed E-state index contributed by atoms with van der Waals surface area (Å²) in [5.74, 6) is 0.559. The summed E-state index contributed by atoms with van der Waals surface area (Å²) in [4.78, 5) is 21.4. The van der Waals surface area contributed by atoms with Crippen molar-refractivity contribution < 1.29 is 0 Å². The third-order valence-electron chi connectivity index (χ3n) is 3.36. The molecule has 0 unspecified atom stereocenters. The van der Waals surface area contributed by atoms with Gasteiger partial charge in [0.05, 0.1) is 5.39 Å². The highest BCUT2D eigenvalue weighted by Gasteiger charge is 2.10. The number of H-pyrrole nitrogens is 1. The number of aromatic nitrogens is 2. The van der Waals surface area contributed by atoms with Crippen LogP contribution < -0.4 is 5.56 Å². The molecule has 0 aliphatic heterocycles. The van der Waals surface area contributed by atoms with Crippen LogP contribution >= 0.6 is 22.9 Å². The Kier molecular flexibility index (Phi) is 3.66. The lowest BCUT2D eigenvalue weighted by molar-refractivity contribution is 1.15. The van der Waals surface area contributed by atoms with E-state index in [1.54, 1.807) is 17.4 Å². The van der Waals surface area contributed by atoms with Crippen molar-refractivity contribution in [1.82, 2.24) is 9.97 Å². The Morgan fingerprint density at radius 2 is 1.90 bits per heavy atom. The van der Waals surface area contributed by atoms with Gasteiger partial charge < -0.3 is 4.98 Å². The standard InChI is InChI=1S/C16H13ClN2OS/c1-9-10(2)21-16-14(9)15(20)18-13(19-16)8-5-11-3-6-12(17)7-4-11/h3-8H,1-2H3,(H,18,19,20). The van der Waals surface area contributed by atoms with E-state index in [4.69, 9.17) is 11.6 Å². The van der Waals surface area contributed by atoms with E-state index in [-0.39, 0.29) is 5.56 Å². The molecule has 0 aliphatic carbocycles. The number of nitrogens with one attached hydrogen (secondary N) is 1. The Hall–Kier alpha value is -1.91. The van der Waals surface area contributed by atoms with E-state index in [2.05, 4.69) is 9.97 Å². The molecule has 0 fully saturated rings. The molecule has 3 nitrogen and oxygen atoms in total. The van der Waals surface area contributed by atoms with Crippen molar-refractivity contribution in [3.8, 4) is 0 Å². The van der Waals surface area contributed by atoms with E-state index < -0.39 is 0 Å². The summed E-state index contributed by atoms with van der Waals surface area (Å²) in [6.45, 7) is 3.96. The molecule has 0 atom stereocenters. The molecule has 1 N–H and O–H groups in total. The first-order valence-corrected chi connectivity index (χ1v) is 7.68. The molecular formula is C16H13ClN2OS. The van der Waals surface area contributed by atoms with Gasteiger partial charge in [-0.05, 0) is 43.2 Å². The van der Waals surface area contributed by atoms with Crippen molar-refractivity contribution in [2.75, 3.05) is 0 Å². The van der Waals surface area contributed by atoms with Gasteiger partial charge >= 0.3 is 0 Å². The summed E-state index contributed by atoms with van der Waals surface area (Å²) >= 11 is 7.40. The fourth-order valence-electron chi connectivity index (χ4n) is 2.10. The summed E-state index contributed by atoms with van der Waals surface area (Å²) in [6.07, 6.45) is 3.70. The maximum absolute atomic E-state index is 12.1. The third-order valence-corrected chi connectivity index (χ3v) is 4.71. The van der Waals surface area contributed by atoms with Crippen LogP contribution in [0.3, 0.4) is 0 Å². The van der Waals surface area contributed by atoms with Gasteiger partial charge in [-0.1, -0.05) is 29.8 Å². The molecule has 0 bridgehead atoms. The van der Waals surface area contributed by atoms with Crippen LogP contribution in [0.5, 0.6) is 0 Å².